The number of benzene rings is 1. The molecule has 2 amide bonds. The van der Waals surface area contributed by atoms with Gasteiger partial charge in [0.15, 0.2) is 0 Å². The van der Waals surface area contributed by atoms with E-state index in [4.69, 9.17) is 9.15 Å². The van der Waals surface area contributed by atoms with E-state index in [0.29, 0.717) is 16.9 Å². The van der Waals surface area contributed by atoms with Gasteiger partial charge in [0, 0.05) is 18.0 Å². The monoisotopic (exact) mass is 467 g/mol. The van der Waals surface area contributed by atoms with Crippen molar-refractivity contribution in [2.45, 2.75) is 77.1 Å². The van der Waals surface area contributed by atoms with E-state index < -0.39 is 35.5 Å². The van der Waals surface area contributed by atoms with Crippen LogP contribution in [0.4, 0.5) is 9.18 Å². The number of furan rings is 1. The molecule has 8 heteroatoms. The van der Waals surface area contributed by atoms with Gasteiger partial charge in [-0.25, -0.2) is 9.18 Å². The third-order valence-corrected chi connectivity index (χ3v) is 6.58. The highest BCUT2D eigenvalue weighted by Gasteiger charge is 2.52. The maximum atomic E-state index is 14.8. The number of rotatable bonds is 5. The van der Waals surface area contributed by atoms with Crippen molar-refractivity contribution in [3.05, 3.63) is 47.7 Å². The molecule has 2 aromatic rings. The molecule has 2 heterocycles. The number of halogens is 1. The molecule has 34 heavy (non-hydrogen) atoms. The first-order chi connectivity index (χ1) is 16.1. The first kappa shape index (κ1) is 23.8. The highest BCUT2D eigenvalue weighted by atomic mass is 19.1. The molecule has 180 valence electrons. The van der Waals surface area contributed by atoms with E-state index >= 15 is 0 Å². The largest absolute Gasteiger partial charge is 0.469 e. The normalized spacial score (nSPS) is 22.4. The van der Waals surface area contributed by atoms with E-state index in [-0.39, 0.29) is 18.4 Å². The van der Waals surface area contributed by atoms with E-state index in [1.807, 2.05) is 0 Å². The molecule has 1 N–H and O–H groups in total. The number of carbonyl (C=O) groups excluding carboxylic acids is 2. The van der Waals surface area contributed by atoms with Gasteiger partial charge in [0.05, 0.1) is 12.3 Å². The number of hydrogen-bond donors (Lipinski definition) is 1. The number of amides is 2. The lowest BCUT2D eigenvalue weighted by atomic mass is 9.97. The topological polar surface area (TPSA) is 95.6 Å². The van der Waals surface area contributed by atoms with Gasteiger partial charge >= 0.3 is 6.09 Å². The van der Waals surface area contributed by atoms with Crippen LogP contribution in [0, 0.1) is 30.0 Å². The average Bonchev–Trinajstić information content (AvgIpc) is 3.49. The number of likely N-dealkylation sites (tertiary alicyclic amines) is 1. The predicted molar refractivity (Wildman–Crippen MR) is 123 cm³/mol. The van der Waals surface area contributed by atoms with Crippen LogP contribution in [0.5, 0.6) is 0 Å². The minimum atomic E-state index is -0.928. The molecule has 2 aliphatic rings. The molecule has 1 aromatic carbocycles. The van der Waals surface area contributed by atoms with Crippen molar-refractivity contribution in [2.75, 3.05) is 0 Å². The molecule has 4 rings (SSSR count). The fraction of sp³-hybridized carbons (Fsp3) is 0.500. The summed E-state index contributed by atoms with van der Waals surface area (Å²) in [5.41, 5.74) is 1.14. The Bertz CT molecular complexity index is 1130. The number of carbonyl (C=O) groups is 2. The lowest BCUT2D eigenvalue weighted by Gasteiger charge is -2.35. The van der Waals surface area contributed by atoms with Crippen LogP contribution in [0.2, 0.25) is 0 Å². The van der Waals surface area contributed by atoms with Crippen molar-refractivity contribution >= 4 is 12.0 Å². The highest BCUT2D eigenvalue weighted by Crippen LogP contribution is 2.43. The smallest absolute Gasteiger partial charge is 0.411 e. The Morgan fingerprint density at radius 3 is 2.71 bits per heavy atom. The third-order valence-electron chi connectivity index (χ3n) is 6.58. The minimum absolute atomic E-state index is 0.0198. The molecule has 0 spiro atoms. The maximum Gasteiger partial charge on any atom is 0.411 e. The molecule has 1 aromatic heterocycles. The zero-order chi connectivity index (χ0) is 24.6. The van der Waals surface area contributed by atoms with Gasteiger partial charge in [-0.15, -0.1) is 0 Å². The van der Waals surface area contributed by atoms with E-state index in [1.54, 1.807) is 52.2 Å². The number of aryl methyl sites for hydroxylation is 1. The number of nitrogens with zero attached hydrogens (tertiary/aromatic N) is 2. The zero-order valence-electron chi connectivity index (χ0n) is 19.9. The predicted octanol–water partition coefficient (Wildman–Crippen LogP) is 4.73. The number of nitriles is 1. The Hall–Kier alpha value is -3.34. The first-order valence-corrected chi connectivity index (χ1v) is 11.6. The van der Waals surface area contributed by atoms with Crippen molar-refractivity contribution in [3.8, 4) is 17.2 Å². The summed E-state index contributed by atoms with van der Waals surface area (Å²) >= 11 is 0. The molecule has 4 atom stereocenters. The average molecular weight is 468 g/mol. The second kappa shape index (κ2) is 9.13. The fourth-order valence-electron chi connectivity index (χ4n) is 5.07. The summed E-state index contributed by atoms with van der Waals surface area (Å²) in [7, 11) is 0. The molecule has 2 fully saturated rings. The number of ether oxygens (including phenoxy) is 1. The van der Waals surface area contributed by atoms with E-state index in [0.717, 1.165) is 24.8 Å². The van der Waals surface area contributed by atoms with Crippen molar-refractivity contribution in [3.63, 3.8) is 0 Å². The second-order valence-electron chi connectivity index (χ2n) is 10.2. The SMILES string of the molecule is Cc1occc1-c1ccc(CC(C#N)NC(=O)[C@@H]2[C@H]3CC[C@H](C3)N2C(=O)OC(C)(C)C)c(F)c1. The molecular weight excluding hydrogens is 437 g/mol. The van der Waals surface area contributed by atoms with Crippen LogP contribution in [-0.2, 0) is 16.0 Å². The fourth-order valence-corrected chi connectivity index (χ4v) is 5.07. The molecule has 7 nitrogen and oxygen atoms in total. The van der Waals surface area contributed by atoms with Crippen molar-refractivity contribution in [1.29, 1.82) is 5.26 Å². The van der Waals surface area contributed by atoms with Crippen LogP contribution in [0.25, 0.3) is 11.1 Å². The Kier molecular flexibility index (Phi) is 6.39. The molecule has 1 aliphatic carbocycles. The molecule has 2 bridgehead atoms. The van der Waals surface area contributed by atoms with Gasteiger partial charge in [-0.2, -0.15) is 5.26 Å². The van der Waals surface area contributed by atoms with Gasteiger partial charge < -0.3 is 14.5 Å². The van der Waals surface area contributed by atoms with Crippen LogP contribution in [0.15, 0.2) is 34.9 Å². The van der Waals surface area contributed by atoms with Crippen LogP contribution >= 0.6 is 0 Å². The van der Waals surface area contributed by atoms with Gasteiger partial charge in [0.1, 0.15) is 29.3 Å². The summed E-state index contributed by atoms with van der Waals surface area (Å²) in [6.45, 7) is 7.16. The van der Waals surface area contributed by atoms with Crippen LogP contribution < -0.4 is 5.32 Å². The zero-order valence-corrected chi connectivity index (χ0v) is 19.9. The number of nitrogens with one attached hydrogen (secondary N) is 1. The van der Waals surface area contributed by atoms with Gasteiger partial charge in [-0.3, -0.25) is 9.69 Å². The second-order valence-corrected chi connectivity index (χ2v) is 10.2. The van der Waals surface area contributed by atoms with E-state index in [1.165, 1.54) is 11.0 Å². The Morgan fingerprint density at radius 1 is 1.32 bits per heavy atom. The first-order valence-electron chi connectivity index (χ1n) is 11.6. The summed E-state index contributed by atoms with van der Waals surface area (Å²) in [5, 5.41) is 12.4. The van der Waals surface area contributed by atoms with Crippen LogP contribution in [0.3, 0.4) is 0 Å². The van der Waals surface area contributed by atoms with E-state index in [2.05, 4.69) is 11.4 Å². The minimum Gasteiger partial charge on any atom is -0.469 e. The molecule has 1 saturated heterocycles. The van der Waals surface area contributed by atoms with Gasteiger partial charge in [0.25, 0.3) is 0 Å². The lowest BCUT2D eigenvalue weighted by molar-refractivity contribution is -0.128. The summed E-state index contributed by atoms with van der Waals surface area (Å²) in [6.07, 6.45) is 3.49. The van der Waals surface area contributed by atoms with Crippen molar-refractivity contribution in [2.24, 2.45) is 5.92 Å². The molecule has 1 saturated carbocycles. The van der Waals surface area contributed by atoms with Gasteiger partial charge in [-0.05, 0) is 76.1 Å². The lowest BCUT2D eigenvalue weighted by Crippen LogP contribution is -2.55. The Balaban J connectivity index is 1.46. The summed E-state index contributed by atoms with van der Waals surface area (Å²) in [5.74, 6) is -0.126. The Labute approximate surface area is 198 Å². The van der Waals surface area contributed by atoms with Gasteiger partial charge in [-0.1, -0.05) is 12.1 Å². The van der Waals surface area contributed by atoms with Crippen LogP contribution in [-0.4, -0.2) is 40.6 Å². The quantitative estimate of drug-likeness (QED) is 0.686. The summed E-state index contributed by atoms with van der Waals surface area (Å²) in [4.78, 5) is 27.5. The number of piperidine rings is 1. The van der Waals surface area contributed by atoms with Crippen LogP contribution in [0.1, 0.15) is 51.4 Å². The Morgan fingerprint density at radius 2 is 2.09 bits per heavy atom. The summed E-state index contributed by atoms with van der Waals surface area (Å²) in [6, 6.07) is 6.99. The third kappa shape index (κ3) is 4.79. The van der Waals surface area contributed by atoms with Crippen molar-refractivity contribution < 1.29 is 23.1 Å². The molecule has 1 aliphatic heterocycles. The molecule has 0 radical (unpaired) electrons. The number of hydrogen-bond acceptors (Lipinski definition) is 5. The standard InChI is InChI=1S/C26H30FN3O4/c1-15-21(9-10-33-15)16-5-6-17(22(27)13-16)11-19(14-28)29-24(31)23-18-7-8-20(12-18)30(23)25(32)34-26(2,3)4/h5-6,9-10,13,18-20,23H,7-8,11-12H2,1-4H3,(H,29,31)/t18-,19?,20+,23-/m0/s1. The van der Waals surface area contributed by atoms with Gasteiger partial charge in [0.2, 0.25) is 5.91 Å². The molecular formula is C26H30FN3O4. The summed E-state index contributed by atoms with van der Waals surface area (Å²) < 4.78 is 25.7. The maximum absolute atomic E-state index is 14.8. The molecule has 1 unspecified atom stereocenters. The number of fused-ring (bicyclic) bond motifs is 2. The highest BCUT2D eigenvalue weighted by molar-refractivity contribution is 5.87. The van der Waals surface area contributed by atoms with Crippen molar-refractivity contribution in [1.82, 2.24) is 10.2 Å². The van der Waals surface area contributed by atoms with E-state index in [9.17, 15) is 19.2 Å².